The highest BCUT2D eigenvalue weighted by Gasteiger charge is 2.50. The van der Waals surface area contributed by atoms with Crippen LogP contribution < -0.4 is 14.4 Å². The Kier molecular flexibility index (Phi) is 10.7. The van der Waals surface area contributed by atoms with E-state index in [-0.39, 0.29) is 71.7 Å². The number of halogens is 2. The van der Waals surface area contributed by atoms with Crippen LogP contribution in [0.5, 0.6) is 11.8 Å². The van der Waals surface area contributed by atoms with Crippen molar-refractivity contribution in [2.45, 2.75) is 88.6 Å². The third-order valence-corrected chi connectivity index (χ3v) is 12.6. The monoisotopic (exact) mass is 861 g/mol. The molecule has 2 unspecified atom stereocenters. The maximum atomic E-state index is 17.3. The zero-order chi connectivity index (χ0) is 44.2. The van der Waals surface area contributed by atoms with Crippen molar-refractivity contribution in [3.05, 3.63) is 88.1 Å². The molecule has 3 aromatic carbocycles. The van der Waals surface area contributed by atoms with E-state index in [9.17, 15) is 19.7 Å². The number of carbonyl (C=O) groups excluding carboxylic acids is 2. The lowest BCUT2D eigenvalue weighted by atomic mass is 9.95. The molecule has 0 aliphatic carbocycles. The summed E-state index contributed by atoms with van der Waals surface area (Å²) in [7, 11) is 0. The van der Waals surface area contributed by atoms with E-state index in [1.807, 2.05) is 30.6 Å². The Labute approximate surface area is 361 Å². The Morgan fingerprint density at radius 1 is 1.02 bits per heavy atom. The number of aromatic nitrogens is 3. The van der Waals surface area contributed by atoms with Gasteiger partial charge in [-0.2, -0.15) is 9.97 Å². The van der Waals surface area contributed by atoms with Crippen molar-refractivity contribution in [1.29, 1.82) is 0 Å². The van der Waals surface area contributed by atoms with Crippen LogP contribution in [-0.2, 0) is 9.47 Å². The zero-order valence-corrected chi connectivity index (χ0v) is 35.0. The van der Waals surface area contributed by atoms with Crippen molar-refractivity contribution in [1.82, 2.24) is 24.8 Å². The molecule has 17 heteroatoms. The van der Waals surface area contributed by atoms with E-state index in [0.717, 1.165) is 38.6 Å². The van der Waals surface area contributed by atoms with Gasteiger partial charge in [-0.1, -0.05) is 30.2 Å². The fourth-order valence-electron chi connectivity index (χ4n) is 9.81. The van der Waals surface area contributed by atoms with E-state index in [2.05, 4.69) is 20.8 Å². The van der Waals surface area contributed by atoms with Crippen molar-refractivity contribution >= 4 is 45.4 Å². The Morgan fingerprint density at radius 3 is 2.49 bits per heavy atom. The van der Waals surface area contributed by atoms with Gasteiger partial charge >= 0.3 is 18.3 Å². The molecule has 15 nitrogen and oxygen atoms in total. The second-order valence-corrected chi connectivity index (χ2v) is 17.6. The largest absolute Gasteiger partial charge is 0.513 e. The number of amides is 1. The molecule has 9 rings (SSSR count). The third kappa shape index (κ3) is 7.88. The maximum Gasteiger partial charge on any atom is 0.513 e. The smallest absolute Gasteiger partial charge is 0.461 e. The van der Waals surface area contributed by atoms with E-state index in [1.165, 1.54) is 36.5 Å². The van der Waals surface area contributed by atoms with Gasteiger partial charge in [-0.05, 0) is 89.4 Å². The Balaban J connectivity index is 1.01. The van der Waals surface area contributed by atoms with Crippen LogP contribution in [0.4, 0.5) is 29.9 Å². The summed E-state index contributed by atoms with van der Waals surface area (Å²) in [5.41, 5.74) is -1.03. The number of hydrogen-bond acceptors (Lipinski definition) is 13. The first-order chi connectivity index (χ1) is 30.2. The van der Waals surface area contributed by atoms with Crippen LogP contribution in [-0.4, -0.2) is 104 Å². The van der Waals surface area contributed by atoms with Gasteiger partial charge in [-0.25, -0.2) is 18.4 Å². The summed E-state index contributed by atoms with van der Waals surface area (Å²) in [5.74, 6) is 1.60. The number of hydrogen-bond donors (Lipinski definition) is 0. The first-order valence-corrected chi connectivity index (χ1v) is 21.0. The molecule has 0 spiro atoms. The molecule has 0 N–H and O–H groups in total. The minimum Gasteiger partial charge on any atom is -0.461 e. The molecule has 4 aliphatic rings. The normalized spacial score (nSPS) is 21.9. The molecular formula is C46H45F2N7O8. The average Bonchev–Trinajstić information content (AvgIpc) is 3.91. The van der Waals surface area contributed by atoms with Crippen LogP contribution in [0.25, 0.3) is 32.9 Å². The minimum atomic E-state index is -0.922. The summed E-state index contributed by atoms with van der Waals surface area (Å²) in [6.45, 7) is 7.29. The number of rotatable bonds is 9. The van der Waals surface area contributed by atoms with Gasteiger partial charge in [-0.15, -0.1) is 6.42 Å². The van der Waals surface area contributed by atoms with Crippen LogP contribution >= 0.6 is 0 Å². The van der Waals surface area contributed by atoms with Crippen molar-refractivity contribution in [2.24, 2.45) is 0 Å². The number of piperazine rings is 1. The molecule has 326 valence electrons. The molecule has 2 aromatic heterocycles. The number of terminal acetylenes is 1. The minimum absolute atomic E-state index is 0.00264. The number of benzene rings is 3. The fraction of sp³-hybridized carbons (Fsp3) is 0.413. The molecule has 1 amide bonds. The summed E-state index contributed by atoms with van der Waals surface area (Å²) in [5, 5.41) is 12.3. The number of non-ortho nitro benzene ring substituents is 1. The molecule has 2 bridgehead atoms. The van der Waals surface area contributed by atoms with E-state index >= 15 is 8.78 Å². The van der Waals surface area contributed by atoms with Crippen molar-refractivity contribution in [3.63, 3.8) is 0 Å². The maximum absolute atomic E-state index is 17.3. The standard InChI is InChI=1S/C46H45F2N7O8/c1-5-33-36(47)17-10-27-8-6-9-34(37(27)33)39-38(48)40-35(22-49-39)41(52-23-29-11-12-30(24-52)54(29)43(56)63-45(2,3)4)51-42(50-40)61-26-46-19-7-21-53(46)31(18-20-46)25-60-44(57)62-32-15-13-28(14-16-32)55(58)59/h1,6,8-10,13-17,22,29-31H,7,11-12,18-21,23-26H2,2-4H3/t29?,30?,31-,46-/m0/s1. The van der Waals surface area contributed by atoms with Crippen LogP contribution in [0, 0.1) is 34.1 Å². The molecule has 63 heavy (non-hydrogen) atoms. The third-order valence-electron chi connectivity index (χ3n) is 12.6. The number of carbonyl (C=O) groups is 2. The molecular weight excluding hydrogens is 817 g/mol. The second kappa shape index (κ2) is 16.2. The predicted molar refractivity (Wildman–Crippen MR) is 227 cm³/mol. The number of nitro benzene ring substituents is 1. The fourth-order valence-corrected chi connectivity index (χ4v) is 9.81. The van der Waals surface area contributed by atoms with Crippen molar-refractivity contribution < 1.29 is 42.2 Å². The lowest BCUT2D eigenvalue weighted by molar-refractivity contribution is -0.384. The van der Waals surface area contributed by atoms with Crippen LogP contribution in [0.3, 0.4) is 0 Å². The first-order valence-electron chi connectivity index (χ1n) is 21.0. The van der Waals surface area contributed by atoms with Crippen molar-refractivity contribution in [3.8, 4) is 35.4 Å². The summed E-state index contributed by atoms with van der Waals surface area (Å²) < 4.78 is 55.3. The average molecular weight is 862 g/mol. The molecule has 5 aromatic rings. The quantitative estimate of drug-likeness (QED) is 0.0459. The summed E-state index contributed by atoms with van der Waals surface area (Å²) >= 11 is 0. The van der Waals surface area contributed by atoms with E-state index in [0.29, 0.717) is 47.1 Å². The Bertz CT molecular complexity index is 2670. The van der Waals surface area contributed by atoms with Gasteiger partial charge in [0.1, 0.15) is 47.4 Å². The van der Waals surface area contributed by atoms with Gasteiger partial charge in [0.05, 0.1) is 33.5 Å². The number of anilines is 1. The molecule has 6 heterocycles. The molecule has 4 aliphatic heterocycles. The van der Waals surface area contributed by atoms with E-state index in [1.54, 1.807) is 24.3 Å². The highest BCUT2D eigenvalue weighted by Crippen LogP contribution is 2.44. The number of fused-ring (bicyclic) bond motifs is 5. The van der Waals surface area contributed by atoms with Gasteiger partial charge in [0.15, 0.2) is 5.82 Å². The first kappa shape index (κ1) is 41.7. The topological polar surface area (TPSA) is 163 Å². The number of nitro groups is 1. The van der Waals surface area contributed by atoms with Crippen LogP contribution in [0.2, 0.25) is 0 Å². The van der Waals surface area contributed by atoms with E-state index in [4.69, 9.17) is 30.4 Å². The van der Waals surface area contributed by atoms with E-state index < -0.39 is 33.9 Å². The van der Waals surface area contributed by atoms with Gasteiger partial charge in [0, 0.05) is 48.4 Å². The van der Waals surface area contributed by atoms with Gasteiger partial charge in [0.2, 0.25) is 0 Å². The van der Waals surface area contributed by atoms with Gasteiger partial charge in [-0.3, -0.25) is 24.9 Å². The van der Waals surface area contributed by atoms with Crippen LogP contribution in [0.15, 0.2) is 60.8 Å². The summed E-state index contributed by atoms with van der Waals surface area (Å²) in [6.07, 6.45) is 10.6. The van der Waals surface area contributed by atoms with Crippen molar-refractivity contribution in [2.75, 3.05) is 37.7 Å². The lowest BCUT2D eigenvalue weighted by Crippen LogP contribution is -2.57. The number of pyridine rings is 1. The molecule has 4 atom stereocenters. The molecule has 0 saturated carbocycles. The molecule has 4 saturated heterocycles. The van der Waals surface area contributed by atoms with Gasteiger partial charge in [0.25, 0.3) is 5.69 Å². The summed E-state index contributed by atoms with van der Waals surface area (Å²) in [4.78, 5) is 56.7. The second-order valence-electron chi connectivity index (χ2n) is 17.6. The predicted octanol–water partition coefficient (Wildman–Crippen LogP) is 8.19. The highest BCUT2D eigenvalue weighted by molar-refractivity contribution is 6.02. The number of ether oxygens (including phenoxy) is 4. The number of nitrogens with zero attached hydrogens (tertiary/aromatic N) is 7. The lowest BCUT2D eigenvalue weighted by Gasteiger charge is -2.42. The highest BCUT2D eigenvalue weighted by atomic mass is 19.1. The van der Waals surface area contributed by atoms with Crippen LogP contribution in [0.1, 0.15) is 64.9 Å². The summed E-state index contributed by atoms with van der Waals surface area (Å²) in [6, 6.07) is 12.6. The zero-order valence-electron chi connectivity index (χ0n) is 35.0. The molecule has 0 radical (unpaired) electrons. The Hall–Kier alpha value is -6.67. The van der Waals surface area contributed by atoms with Gasteiger partial charge < -0.3 is 23.8 Å². The Morgan fingerprint density at radius 2 is 1.78 bits per heavy atom. The SMILES string of the molecule is C#Cc1c(F)ccc2cccc(-c3ncc4c(N5CC6CCC(C5)N6C(=O)OC(C)(C)C)nc(OC[C@@]56CCCN5[C@H](COC(=O)Oc5ccc([N+](=O)[O-])cc5)CC6)nc4c3F)c12. The molecule has 4 fully saturated rings.